The van der Waals surface area contributed by atoms with Crippen LogP contribution in [-0.4, -0.2) is 17.3 Å². The molecule has 0 saturated heterocycles. The Balaban J connectivity index is 1.66. The predicted octanol–water partition coefficient (Wildman–Crippen LogP) is 5.38. The maximum atomic E-state index is 13.6. The summed E-state index contributed by atoms with van der Waals surface area (Å²) in [5, 5.41) is 0. The van der Waals surface area contributed by atoms with Gasteiger partial charge in [-0.3, -0.25) is 0 Å². The first kappa shape index (κ1) is 22.0. The lowest BCUT2D eigenvalue weighted by Crippen LogP contribution is -2.31. The average molecular weight is 449 g/mol. The standard InChI is InChI=1S/C26H25FN2O2S/c1-21-12-14-26(15-13-21)32(30,31)29(19-22-7-3-2-4-8-22)20-25-11-6-16-28(25)18-23-9-5-10-24(27)17-23/h2-17H,18-20H2,1H3. The zero-order chi connectivity index (χ0) is 22.6. The van der Waals surface area contributed by atoms with Gasteiger partial charge in [-0.15, -0.1) is 0 Å². The van der Waals surface area contributed by atoms with Crippen molar-refractivity contribution in [1.82, 2.24) is 8.87 Å². The molecule has 4 aromatic rings. The highest BCUT2D eigenvalue weighted by Gasteiger charge is 2.26. The van der Waals surface area contributed by atoms with Crippen molar-refractivity contribution in [3.63, 3.8) is 0 Å². The maximum Gasteiger partial charge on any atom is 0.243 e. The molecule has 0 saturated carbocycles. The van der Waals surface area contributed by atoms with Gasteiger partial charge in [0.05, 0.1) is 11.4 Å². The van der Waals surface area contributed by atoms with Crippen LogP contribution in [0.1, 0.15) is 22.4 Å². The van der Waals surface area contributed by atoms with Gasteiger partial charge >= 0.3 is 0 Å². The van der Waals surface area contributed by atoms with Gasteiger partial charge in [0.1, 0.15) is 5.82 Å². The van der Waals surface area contributed by atoms with E-state index in [0.717, 1.165) is 22.4 Å². The van der Waals surface area contributed by atoms with Gasteiger partial charge in [0.2, 0.25) is 10.0 Å². The van der Waals surface area contributed by atoms with Crippen molar-refractivity contribution in [3.8, 4) is 0 Å². The minimum Gasteiger partial charge on any atom is -0.346 e. The fourth-order valence-corrected chi connectivity index (χ4v) is 5.03. The number of hydrogen-bond acceptors (Lipinski definition) is 2. The van der Waals surface area contributed by atoms with E-state index in [0.29, 0.717) is 6.54 Å². The van der Waals surface area contributed by atoms with E-state index in [-0.39, 0.29) is 23.8 Å². The van der Waals surface area contributed by atoms with Gasteiger partial charge in [-0.25, -0.2) is 12.8 Å². The van der Waals surface area contributed by atoms with Gasteiger partial charge in [0, 0.05) is 25.0 Å². The van der Waals surface area contributed by atoms with Crippen LogP contribution in [0.2, 0.25) is 0 Å². The minimum atomic E-state index is -3.73. The lowest BCUT2D eigenvalue weighted by molar-refractivity contribution is 0.391. The third-order valence-corrected chi connectivity index (χ3v) is 7.17. The van der Waals surface area contributed by atoms with Gasteiger partial charge in [0.15, 0.2) is 0 Å². The Morgan fingerprint density at radius 1 is 0.812 bits per heavy atom. The number of benzene rings is 3. The normalized spacial score (nSPS) is 11.7. The van der Waals surface area contributed by atoms with E-state index >= 15 is 0 Å². The summed E-state index contributed by atoms with van der Waals surface area (Å²) in [6.07, 6.45) is 1.89. The Kier molecular flexibility index (Phi) is 6.53. The summed E-state index contributed by atoms with van der Waals surface area (Å²) in [6, 6.07) is 26.7. The van der Waals surface area contributed by atoms with Crippen LogP contribution in [0, 0.1) is 12.7 Å². The highest BCUT2D eigenvalue weighted by atomic mass is 32.2. The van der Waals surface area contributed by atoms with Crippen molar-refractivity contribution in [3.05, 3.63) is 125 Å². The molecule has 0 aliphatic heterocycles. The first-order valence-electron chi connectivity index (χ1n) is 10.4. The van der Waals surface area contributed by atoms with Crippen LogP contribution in [0.4, 0.5) is 4.39 Å². The van der Waals surface area contributed by atoms with Gasteiger partial charge in [0.25, 0.3) is 0 Å². The van der Waals surface area contributed by atoms with Crippen LogP contribution in [0.25, 0.3) is 0 Å². The molecule has 0 fully saturated rings. The molecule has 4 rings (SSSR count). The molecule has 0 amide bonds. The van der Waals surface area contributed by atoms with Crippen molar-refractivity contribution in [2.45, 2.75) is 31.5 Å². The summed E-state index contributed by atoms with van der Waals surface area (Å²) in [6.45, 7) is 2.84. The average Bonchev–Trinajstić information content (AvgIpc) is 3.21. The van der Waals surface area contributed by atoms with E-state index in [9.17, 15) is 12.8 Å². The van der Waals surface area contributed by atoms with Crippen LogP contribution in [0.15, 0.2) is 102 Å². The lowest BCUT2D eigenvalue weighted by atomic mass is 10.2. The van der Waals surface area contributed by atoms with Crippen molar-refractivity contribution < 1.29 is 12.8 Å². The minimum absolute atomic E-state index is 0.202. The van der Waals surface area contributed by atoms with Crippen LogP contribution in [0.5, 0.6) is 0 Å². The molecule has 3 aromatic carbocycles. The van der Waals surface area contributed by atoms with Gasteiger partial charge < -0.3 is 4.57 Å². The molecule has 1 aromatic heterocycles. The molecule has 0 atom stereocenters. The maximum absolute atomic E-state index is 13.6. The largest absolute Gasteiger partial charge is 0.346 e. The number of aromatic nitrogens is 1. The second kappa shape index (κ2) is 9.51. The summed E-state index contributed by atoms with van der Waals surface area (Å²) in [4.78, 5) is 0.266. The second-order valence-electron chi connectivity index (χ2n) is 7.83. The summed E-state index contributed by atoms with van der Waals surface area (Å²) in [5.41, 5.74) is 3.56. The summed E-state index contributed by atoms with van der Waals surface area (Å²) in [5.74, 6) is -0.288. The number of sulfonamides is 1. The molecule has 0 bridgehead atoms. The molecule has 0 unspecified atom stereocenters. The monoisotopic (exact) mass is 448 g/mol. The SMILES string of the molecule is Cc1ccc(S(=O)(=O)N(Cc2ccccc2)Cc2cccn2Cc2cccc(F)c2)cc1. The zero-order valence-electron chi connectivity index (χ0n) is 17.9. The molecule has 0 radical (unpaired) electrons. The van der Waals surface area contributed by atoms with Crippen molar-refractivity contribution >= 4 is 10.0 Å². The third kappa shape index (κ3) is 5.15. The first-order chi connectivity index (χ1) is 15.4. The van der Waals surface area contributed by atoms with Crippen molar-refractivity contribution in [2.75, 3.05) is 0 Å². The molecule has 4 nitrogen and oxygen atoms in total. The fraction of sp³-hybridized carbons (Fsp3) is 0.154. The molecular weight excluding hydrogens is 423 g/mol. The molecule has 32 heavy (non-hydrogen) atoms. The Morgan fingerprint density at radius 3 is 2.25 bits per heavy atom. The predicted molar refractivity (Wildman–Crippen MR) is 124 cm³/mol. The summed E-state index contributed by atoms with van der Waals surface area (Å²) in [7, 11) is -3.73. The smallest absolute Gasteiger partial charge is 0.243 e. The van der Waals surface area contributed by atoms with Crippen LogP contribution in [-0.2, 0) is 29.7 Å². The molecule has 0 spiro atoms. The highest BCUT2D eigenvalue weighted by Crippen LogP contribution is 2.22. The molecular formula is C26H25FN2O2S. The number of halogens is 1. The molecule has 164 valence electrons. The topological polar surface area (TPSA) is 42.3 Å². The van der Waals surface area contributed by atoms with Crippen LogP contribution < -0.4 is 0 Å². The summed E-state index contributed by atoms with van der Waals surface area (Å²) < 4.78 is 44.2. The fourth-order valence-electron chi connectivity index (χ4n) is 3.63. The van der Waals surface area contributed by atoms with E-state index in [1.807, 2.05) is 66.2 Å². The Bertz CT molecular complexity index is 1280. The highest BCUT2D eigenvalue weighted by molar-refractivity contribution is 7.89. The third-order valence-electron chi connectivity index (χ3n) is 5.36. The van der Waals surface area contributed by atoms with Crippen LogP contribution >= 0.6 is 0 Å². The molecule has 1 heterocycles. The number of aryl methyl sites for hydroxylation is 1. The molecule has 0 aliphatic rings. The number of nitrogens with zero attached hydrogens (tertiary/aromatic N) is 2. The van der Waals surface area contributed by atoms with E-state index in [2.05, 4.69) is 0 Å². The van der Waals surface area contributed by atoms with E-state index in [1.165, 1.54) is 16.4 Å². The Hall–Kier alpha value is -3.22. The van der Waals surface area contributed by atoms with Gasteiger partial charge in [-0.2, -0.15) is 4.31 Å². The van der Waals surface area contributed by atoms with E-state index in [1.54, 1.807) is 30.3 Å². The molecule has 0 aliphatic carbocycles. The second-order valence-corrected chi connectivity index (χ2v) is 9.77. The van der Waals surface area contributed by atoms with Crippen molar-refractivity contribution in [2.24, 2.45) is 0 Å². The van der Waals surface area contributed by atoms with Gasteiger partial charge in [-0.1, -0.05) is 60.2 Å². The Labute approximate surface area is 188 Å². The summed E-state index contributed by atoms with van der Waals surface area (Å²) >= 11 is 0. The molecule has 0 N–H and O–H groups in total. The quantitative estimate of drug-likeness (QED) is 0.363. The first-order valence-corrected chi connectivity index (χ1v) is 11.8. The Morgan fingerprint density at radius 2 is 1.53 bits per heavy atom. The van der Waals surface area contributed by atoms with E-state index in [4.69, 9.17) is 0 Å². The van der Waals surface area contributed by atoms with Crippen molar-refractivity contribution in [1.29, 1.82) is 0 Å². The van der Waals surface area contributed by atoms with E-state index < -0.39 is 10.0 Å². The number of hydrogen-bond donors (Lipinski definition) is 0. The molecule has 6 heteroatoms. The zero-order valence-corrected chi connectivity index (χ0v) is 18.7. The number of rotatable bonds is 8. The van der Waals surface area contributed by atoms with Crippen LogP contribution in [0.3, 0.4) is 0 Å². The lowest BCUT2D eigenvalue weighted by Gasteiger charge is -2.23. The van der Waals surface area contributed by atoms with Gasteiger partial charge in [-0.05, 0) is 54.4 Å².